The van der Waals surface area contributed by atoms with Gasteiger partial charge in [0.15, 0.2) is 45.7 Å². The number of benzene rings is 4. The summed E-state index contributed by atoms with van der Waals surface area (Å²) in [5.74, 6) is -26.2. The zero-order chi connectivity index (χ0) is 80.7. The van der Waals surface area contributed by atoms with Gasteiger partial charge in [-0.1, -0.05) is 27.7 Å². The Morgan fingerprint density at radius 3 is 0.500 bits per heavy atom. The van der Waals surface area contributed by atoms with Crippen LogP contribution in [0.3, 0.4) is 0 Å². The Bertz CT molecular complexity index is 4740. The molecule has 1 aliphatic carbocycles. The van der Waals surface area contributed by atoms with Crippen molar-refractivity contribution >= 4 is 210 Å². The molecule has 12 aliphatic heterocycles. The van der Waals surface area contributed by atoms with Crippen molar-refractivity contribution in [1.82, 2.24) is 19.6 Å². The van der Waals surface area contributed by atoms with Crippen LogP contribution in [0.5, 0.6) is 46.0 Å². The van der Waals surface area contributed by atoms with E-state index in [2.05, 4.69) is 39.9 Å². The second-order valence-electron chi connectivity index (χ2n) is 27.6. The SMILES string of the molecule is CC1c2cc3c4cc2OC2(Cl)N=C5C(=O)N(C(C)C(=O)O)C(=O)C5=NC2(Cl)Oc2cc5c(cc21)C(C)c1cc2c(cc1OC1(Cl)N=C6C(=O)N(C(C)C(=O)O)C(=O)C6=NC1(Cl)O5)OC1(Cl)N=C5C(=O)N(C(C)C(=O)O)C(=O)C5=NC1(Cl)Oc1cc(c(cc1C2C)C3C)OC1(Cl)N=C2C(=O)N(C(C)C(=O)O)C(=O)C2=NC1(Cl)O4. The number of nitrogens with zero attached hydrogens (tertiary/aromatic N) is 12. The van der Waals surface area contributed by atoms with Gasteiger partial charge >= 0.3 is 65.4 Å². The summed E-state index contributed by atoms with van der Waals surface area (Å²) >= 11 is 61.4. The van der Waals surface area contributed by atoms with Crippen molar-refractivity contribution in [3.8, 4) is 46.0 Å². The molecule has 4 N–H and O–H groups in total. The molecule has 12 unspecified atom stereocenters. The number of fused-ring (bicyclic) bond motifs is 8. The van der Waals surface area contributed by atoms with Gasteiger partial charge in [0.25, 0.3) is 47.3 Å². The highest BCUT2D eigenvalue weighted by Crippen LogP contribution is 2.61. The third kappa shape index (κ3) is 9.80. The van der Waals surface area contributed by atoms with E-state index in [1.165, 1.54) is 24.3 Å². The lowest BCUT2D eigenvalue weighted by Crippen LogP contribution is -2.56. The maximum Gasteiger partial charge on any atom is 0.358 e. The van der Waals surface area contributed by atoms with Gasteiger partial charge < -0.3 is 58.3 Å². The largest absolute Gasteiger partial charge is 0.480 e. The molecule has 112 heavy (non-hydrogen) atoms. The number of likely N-dealkylation sites (tertiary alicyclic amines) is 4. The van der Waals surface area contributed by atoms with E-state index in [0.29, 0.717) is 19.6 Å². The highest BCUT2D eigenvalue weighted by Gasteiger charge is 2.70. The van der Waals surface area contributed by atoms with Crippen LogP contribution < -0.4 is 37.9 Å². The van der Waals surface area contributed by atoms with E-state index in [4.69, 9.17) is 131 Å². The standard InChI is InChI=1S/C68H44Cl8N12O24/c1-17-25-9-27-18(2)29-11-31-20(4)32-12-30-19(3)28-10-26(17)34-14-36(28)108-64(72)66(74,82-46-44(80-64)52(92)87(54(46)94)23(7)59(101)102)110-38(30)16-40(32)112-68(76)67(75,83-47-48(84-68)56(96)88(55(47)95)24(8)60(103)104)111-39(31)15-37(29)109-65(73)63(71,79-43-45(81-65)53(93)86(51(43)91)22(6)58(99)100)107-35(27)13-33(25)105-61(69)62(70,106-34)78-42-41(77-61)49(89)85(50(42)90)21(5)57(97)98/h9-24H,1-8H3,(H,97,98)(H,99,100)(H,101,102)(H,103,104). The Kier molecular flexibility index (Phi) is 15.6. The summed E-state index contributed by atoms with van der Waals surface area (Å²) in [5, 5.41) is 15.0. The third-order valence-electron chi connectivity index (χ3n) is 21.1. The van der Waals surface area contributed by atoms with Crippen LogP contribution in [0.25, 0.3) is 0 Å². The molecule has 4 saturated heterocycles. The van der Waals surface area contributed by atoms with Crippen LogP contribution in [0.4, 0.5) is 0 Å². The second-order valence-corrected chi connectivity index (χ2v) is 31.7. The van der Waals surface area contributed by atoms with Crippen LogP contribution in [-0.4, -0.2) is 222 Å². The molecule has 4 aromatic rings. The molecule has 4 fully saturated rings. The molecule has 8 amide bonds. The number of aliphatic carboxylic acids is 4. The van der Waals surface area contributed by atoms with Gasteiger partial charge in [-0.15, -0.1) is 0 Å². The average Bonchev–Trinajstić information content (AvgIpc) is 1.48. The number of rotatable bonds is 8. The summed E-state index contributed by atoms with van der Waals surface area (Å²) in [4.78, 5) is 203. The number of carbonyl (C=O) groups excluding carboxylic acids is 8. The van der Waals surface area contributed by atoms with Crippen molar-refractivity contribution in [1.29, 1.82) is 0 Å². The Hall–Kier alpha value is -10.6. The smallest absolute Gasteiger partial charge is 0.358 e. The lowest BCUT2D eigenvalue weighted by atomic mass is 9.80. The molecule has 0 spiro atoms. The van der Waals surface area contributed by atoms with Crippen LogP contribution in [0.15, 0.2) is 88.5 Å². The Morgan fingerprint density at radius 2 is 0.393 bits per heavy atom. The molecule has 44 heteroatoms. The number of ether oxygens (including phenoxy) is 8. The van der Waals surface area contributed by atoms with Gasteiger partial charge in [-0.25, -0.2) is 59.1 Å². The molecule has 13 aliphatic rings. The molecule has 576 valence electrons. The lowest BCUT2D eigenvalue weighted by Gasteiger charge is -2.39. The number of aliphatic imine (C=N–C) groups is 8. The molecule has 0 saturated carbocycles. The molecule has 36 nitrogen and oxygen atoms in total. The minimum atomic E-state index is -3.22. The van der Waals surface area contributed by atoms with Gasteiger partial charge in [0.1, 0.15) is 70.2 Å². The highest BCUT2D eigenvalue weighted by atomic mass is 35.5. The van der Waals surface area contributed by atoms with Crippen LogP contribution in [0.2, 0.25) is 0 Å². The van der Waals surface area contributed by atoms with E-state index in [9.17, 15) is 78.0 Å². The van der Waals surface area contributed by atoms with Gasteiger partial charge in [-0.05, 0) is 145 Å². The Balaban J connectivity index is 1.00. The number of carboxylic acid groups (broad SMARTS) is 4. The number of halogens is 8. The number of imide groups is 4. The molecule has 8 bridgehead atoms. The summed E-state index contributed by atoms with van der Waals surface area (Å²) in [7, 11) is 0. The lowest BCUT2D eigenvalue weighted by molar-refractivity contribution is -0.151. The Morgan fingerprint density at radius 1 is 0.277 bits per heavy atom. The fourth-order valence-corrected chi connectivity index (χ4v) is 16.8. The van der Waals surface area contributed by atoms with E-state index in [1.807, 2.05) is 0 Å². The predicted octanol–water partition coefficient (Wildman–Crippen LogP) is 5.78. The number of hydrogen-bond donors (Lipinski definition) is 4. The summed E-state index contributed by atoms with van der Waals surface area (Å²) in [6, 6.07) is 2.85. The first-order chi connectivity index (χ1) is 52.2. The molecule has 0 aromatic heterocycles. The van der Waals surface area contributed by atoms with Crippen LogP contribution in [0.1, 0.15) is 124 Å². The topological polar surface area (TPSA) is 471 Å². The van der Waals surface area contributed by atoms with Gasteiger partial charge in [-0.3, -0.25) is 58.0 Å². The maximum atomic E-state index is 14.5. The minimum absolute atomic E-state index is 0.0160. The van der Waals surface area contributed by atoms with Crippen LogP contribution in [-0.2, 0) is 57.5 Å². The van der Waals surface area contributed by atoms with Crippen molar-refractivity contribution in [3.05, 3.63) is 93.0 Å². The predicted molar refractivity (Wildman–Crippen MR) is 385 cm³/mol. The molecule has 12 atom stereocenters. The first-order valence-corrected chi connectivity index (χ1v) is 36.2. The monoisotopic (exact) mass is 1690 g/mol. The summed E-state index contributed by atoms with van der Waals surface area (Å²) in [6.45, 7) is 10.4. The molecule has 12 heterocycles. The van der Waals surface area contributed by atoms with Gasteiger partial charge in [0.05, 0.1) is 0 Å². The van der Waals surface area contributed by atoms with E-state index >= 15 is 0 Å². The summed E-state index contributed by atoms with van der Waals surface area (Å²) < 4.78 is 54.4. The van der Waals surface area contributed by atoms with Crippen molar-refractivity contribution in [2.75, 3.05) is 0 Å². The maximum absolute atomic E-state index is 14.5. The zero-order valence-corrected chi connectivity index (χ0v) is 63.6. The summed E-state index contributed by atoms with van der Waals surface area (Å²) in [5.41, 5.74) is -7.09. The molecular formula is C68H44Cl8N12O24. The van der Waals surface area contributed by atoms with E-state index in [-0.39, 0.29) is 44.5 Å². The fraction of sp³-hybridized carbons (Fsp3) is 0.353. The normalized spacial score (nSPS) is 32.7. The first-order valence-electron chi connectivity index (χ1n) is 33.2. The number of hydrogen-bond acceptors (Lipinski definition) is 28. The molecule has 17 rings (SSSR count). The van der Waals surface area contributed by atoms with Crippen molar-refractivity contribution in [2.24, 2.45) is 39.9 Å². The van der Waals surface area contributed by atoms with Gasteiger partial charge in [-0.2, -0.15) is 0 Å². The number of amides is 8. The van der Waals surface area contributed by atoms with E-state index in [0.717, 1.165) is 52.0 Å². The minimum Gasteiger partial charge on any atom is -0.480 e. The van der Waals surface area contributed by atoms with Crippen molar-refractivity contribution in [3.63, 3.8) is 0 Å². The highest BCUT2D eigenvalue weighted by molar-refractivity contribution is 6.90. The quantitative estimate of drug-likeness (QED) is 0.0922. The van der Waals surface area contributed by atoms with Crippen molar-refractivity contribution in [2.45, 2.75) is 145 Å². The molecule has 0 radical (unpaired) electrons. The second kappa shape index (κ2) is 23.5. The molecular weight excluding hydrogens is 1650 g/mol. The summed E-state index contributed by atoms with van der Waals surface area (Å²) in [6.07, 6.45) is 0. The molecule has 4 aromatic carbocycles. The van der Waals surface area contributed by atoms with Crippen molar-refractivity contribution < 1.29 is 116 Å². The Labute approximate surface area is 664 Å². The van der Waals surface area contributed by atoms with E-state index < -0.39 is 252 Å². The first kappa shape index (κ1) is 74.2. The van der Waals surface area contributed by atoms with Gasteiger partial charge in [0.2, 0.25) is 0 Å². The van der Waals surface area contributed by atoms with E-state index in [1.54, 1.807) is 27.7 Å². The van der Waals surface area contributed by atoms with Crippen LogP contribution in [0, 0.1) is 0 Å². The average molecular weight is 1700 g/mol. The number of carbonyl (C=O) groups is 12. The number of carboxylic acids is 4. The third-order valence-corrected chi connectivity index (χ3v) is 24.8. The van der Waals surface area contributed by atoms with Crippen LogP contribution >= 0.6 is 92.8 Å². The number of alkyl halides is 8. The fourth-order valence-electron chi connectivity index (χ4n) is 14.8. The zero-order valence-electron chi connectivity index (χ0n) is 57.6. The van der Waals surface area contributed by atoms with Gasteiger partial charge in [0, 0.05) is 92.4 Å².